The molecule has 0 unspecified atom stereocenters. The van der Waals surface area contributed by atoms with Crippen LogP contribution in [-0.4, -0.2) is 67.8 Å². The second-order valence-corrected chi connectivity index (χ2v) is 9.89. The number of halogens is 3. The average Bonchev–Trinajstić information content (AvgIpc) is 2.59. The zero-order chi connectivity index (χ0) is 22.7. The number of benzene rings is 1. The van der Waals surface area contributed by atoms with E-state index in [2.05, 4.69) is 10.6 Å². The van der Waals surface area contributed by atoms with Crippen LogP contribution in [0.4, 0.5) is 18.0 Å². The molecule has 3 amide bonds. The van der Waals surface area contributed by atoms with E-state index >= 15 is 0 Å². The van der Waals surface area contributed by atoms with Gasteiger partial charge in [0.1, 0.15) is 0 Å². The van der Waals surface area contributed by atoms with Gasteiger partial charge in [-0.2, -0.15) is 17.5 Å². The lowest BCUT2D eigenvalue weighted by Crippen LogP contribution is -2.53. The number of imide groups is 1. The summed E-state index contributed by atoms with van der Waals surface area (Å²) in [5.74, 6) is -0.518. The number of piperazine rings is 1. The summed E-state index contributed by atoms with van der Waals surface area (Å²) in [6.45, 7) is 5.87. The zero-order valence-corrected chi connectivity index (χ0v) is 17.7. The molecule has 0 bridgehead atoms. The average molecular weight is 450 g/mol. The Bertz CT molecular complexity index is 872. The number of hydrogen-bond donors (Lipinski definition) is 2. The van der Waals surface area contributed by atoms with Crippen LogP contribution in [0.2, 0.25) is 0 Å². The third kappa shape index (κ3) is 6.67. The molecule has 1 aliphatic rings. The van der Waals surface area contributed by atoms with Gasteiger partial charge in [0.15, 0.2) is 0 Å². The van der Waals surface area contributed by atoms with Crippen molar-refractivity contribution < 1.29 is 31.2 Å². The summed E-state index contributed by atoms with van der Waals surface area (Å²) in [6, 6.07) is 2.72. The van der Waals surface area contributed by atoms with Crippen molar-refractivity contribution in [2.75, 3.05) is 32.7 Å². The van der Waals surface area contributed by atoms with E-state index in [9.17, 15) is 31.2 Å². The molecule has 2 N–H and O–H groups in total. The van der Waals surface area contributed by atoms with Crippen molar-refractivity contribution in [1.29, 1.82) is 0 Å². The number of nitrogens with zero attached hydrogens (tertiary/aromatic N) is 2. The van der Waals surface area contributed by atoms with Crippen LogP contribution in [-0.2, 0) is 21.0 Å². The lowest BCUT2D eigenvalue weighted by molar-refractivity contribution is -0.137. The van der Waals surface area contributed by atoms with Gasteiger partial charge in [-0.1, -0.05) is 0 Å². The Morgan fingerprint density at radius 2 is 1.53 bits per heavy atom. The van der Waals surface area contributed by atoms with Gasteiger partial charge in [0, 0.05) is 31.7 Å². The van der Waals surface area contributed by atoms with Crippen molar-refractivity contribution in [3.63, 3.8) is 0 Å². The smallest absolute Gasteiger partial charge is 0.333 e. The van der Waals surface area contributed by atoms with Gasteiger partial charge in [-0.3, -0.25) is 15.0 Å². The molecule has 0 atom stereocenters. The highest BCUT2D eigenvalue weighted by atomic mass is 32.2. The molecule has 8 nitrogen and oxygen atoms in total. The summed E-state index contributed by atoms with van der Waals surface area (Å²) in [7, 11) is -3.94. The number of nitrogens with one attached hydrogen (secondary N) is 2. The first-order chi connectivity index (χ1) is 13.7. The lowest BCUT2D eigenvalue weighted by Gasteiger charge is -2.33. The van der Waals surface area contributed by atoms with Gasteiger partial charge < -0.3 is 5.32 Å². The second kappa shape index (κ2) is 8.90. The molecule has 30 heavy (non-hydrogen) atoms. The predicted octanol–water partition coefficient (Wildman–Crippen LogP) is 1.64. The number of amides is 3. The number of rotatable bonds is 4. The van der Waals surface area contributed by atoms with Crippen LogP contribution in [0, 0.1) is 0 Å². The maximum Gasteiger partial charge on any atom is 0.416 e. The Labute approximate surface area is 173 Å². The van der Waals surface area contributed by atoms with Gasteiger partial charge in [-0.15, -0.1) is 0 Å². The molecule has 0 aliphatic carbocycles. The minimum absolute atomic E-state index is 0.0742. The van der Waals surface area contributed by atoms with Gasteiger partial charge in [-0.05, 0) is 45.0 Å². The highest BCUT2D eigenvalue weighted by Gasteiger charge is 2.33. The fourth-order valence-corrected chi connectivity index (χ4v) is 4.26. The molecular formula is C18H25F3N4O4S. The number of sulfonamides is 1. The molecular weight excluding hydrogens is 425 g/mol. The first-order valence-electron chi connectivity index (χ1n) is 9.20. The standard InChI is InChI=1S/C18H25F3N4O4S/c1-17(2,3)23-16(27)22-15(26)12-24-8-10-25(11-9-24)30(28,29)14-6-4-13(5-7-14)18(19,20)21/h4-7H,8-12H2,1-3H3,(H2,22,23,26,27). The van der Waals surface area contributed by atoms with Crippen LogP contribution in [0.3, 0.4) is 0 Å². The summed E-state index contributed by atoms with van der Waals surface area (Å²) in [6.07, 6.45) is -4.54. The van der Waals surface area contributed by atoms with Crippen molar-refractivity contribution in [3.05, 3.63) is 29.8 Å². The van der Waals surface area contributed by atoms with E-state index in [1.165, 1.54) is 0 Å². The predicted molar refractivity (Wildman–Crippen MR) is 103 cm³/mol. The number of alkyl halides is 3. The highest BCUT2D eigenvalue weighted by Crippen LogP contribution is 2.30. The summed E-state index contributed by atoms with van der Waals surface area (Å²) in [5, 5.41) is 4.81. The van der Waals surface area contributed by atoms with E-state index in [4.69, 9.17) is 0 Å². The summed E-state index contributed by atoms with van der Waals surface area (Å²) < 4.78 is 64.4. The molecule has 2 rings (SSSR count). The van der Waals surface area contributed by atoms with Crippen molar-refractivity contribution >= 4 is 22.0 Å². The van der Waals surface area contributed by atoms with E-state index < -0.39 is 39.2 Å². The molecule has 1 aromatic rings. The molecule has 0 aromatic heterocycles. The fraction of sp³-hybridized carbons (Fsp3) is 0.556. The Hall–Kier alpha value is -2.18. The van der Waals surface area contributed by atoms with Gasteiger partial charge in [0.2, 0.25) is 15.9 Å². The minimum Gasteiger partial charge on any atom is -0.333 e. The largest absolute Gasteiger partial charge is 0.416 e. The zero-order valence-electron chi connectivity index (χ0n) is 16.9. The van der Waals surface area contributed by atoms with Crippen molar-refractivity contribution in [3.8, 4) is 0 Å². The fourth-order valence-electron chi connectivity index (χ4n) is 2.83. The lowest BCUT2D eigenvalue weighted by atomic mass is 10.1. The number of carbonyl (C=O) groups excluding carboxylic acids is 2. The molecule has 1 aromatic carbocycles. The Morgan fingerprint density at radius 3 is 2.00 bits per heavy atom. The topological polar surface area (TPSA) is 98.8 Å². The Balaban J connectivity index is 1.90. The van der Waals surface area contributed by atoms with Crippen LogP contribution in [0.5, 0.6) is 0 Å². The highest BCUT2D eigenvalue weighted by molar-refractivity contribution is 7.89. The van der Waals surface area contributed by atoms with E-state index in [0.717, 1.165) is 28.6 Å². The first kappa shape index (κ1) is 24.1. The third-order valence-corrected chi connectivity index (χ3v) is 6.17. The first-order valence-corrected chi connectivity index (χ1v) is 10.6. The summed E-state index contributed by atoms with van der Waals surface area (Å²) in [5.41, 5.74) is -1.42. The summed E-state index contributed by atoms with van der Waals surface area (Å²) in [4.78, 5) is 25.2. The Morgan fingerprint density at radius 1 is 1.00 bits per heavy atom. The minimum atomic E-state index is -4.54. The van der Waals surface area contributed by atoms with Gasteiger partial charge in [-0.25, -0.2) is 13.2 Å². The Kier molecular flexibility index (Phi) is 7.15. The molecule has 0 saturated carbocycles. The van der Waals surface area contributed by atoms with E-state index in [1.54, 1.807) is 25.7 Å². The maximum absolute atomic E-state index is 12.7. The van der Waals surface area contributed by atoms with Crippen LogP contribution in [0.1, 0.15) is 26.3 Å². The molecule has 1 fully saturated rings. The maximum atomic E-state index is 12.7. The second-order valence-electron chi connectivity index (χ2n) is 7.95. The molecule has 0 spiro atoms. The van der Waals surface area contributed by atoms with Crippen LogP contribution >= 0.6 is 0 Å². The van der Waals surface area contributed by atoms with Gasteiger partial charge in [0.05, 0.1) is 17.0 Å². The molecule has 1 saturated heterocycles. The third-order valence-electron chi connectivity index (χ3n) is 4.26. The van der Waals surface area contributed by atoms with Gasteiger partial charge >= 0.3 is 12.2 Å². The van der Waals surface area contributed by atoms with Crippen molar-refractivity contribution in [2.24, 2.45) is 0 Å². The molecule has 1 aliphatic heterocycles. The number of urea groups is 1. The SMILES string of the molecule is CC(C)(C)NC(=O)NC(=O)CN1CCN(S(=O)(=O)c2ccc(C(F)(F)F)cc2)CC1. The van der Waals surface area contributed by atoms with Crippen LogP contribution in [0.15, 0.2) is 29.2 Å². The summed E-state index contributed by atoms with van der Waals surface area (Å²) >= 11 is 0. The van der Waals surface area contributed by atoms with Crippen LogP contribution in [0.25, 0.3) is 0 Å². The van der Waals surface area contributed by atoms with E-state index in [-0.39, 0.29) is 37.6 Å². The van der Waals surface area contributed by atoms with E-state index in [1.807, 2.05) is 0 Å². The normalized spacial score (nSPS) is 16.9. The van der Waals surface area contributed by atoms with Crippen molar-refractivity contribution in [2.45, 2.75) is 37.4 Å². The van der Waals surface area contributed by atoms with Crippen LogP contribution < -0.4 is 10.6 Å². The van der Waals surface area contributed by atoms with Gasteiger partial charge in [0.25, 0.3) is 0 Å². The monoisotopic (exact) mass is 450 g/mol. The molecule has 0 radical (unpaired) electrons. The van der Waals surface area contributed by atoms with E-state index in [0.29, 0.717) is 0 Å². The molecule has 1 heterocycles. The number of carbonyl (C=O) groups is 2. The molecule has 168 valence electrons. The van der Waals surface area contributed by atoms with Crippen molar-refractivity contribution in [1.82, 2.24) is 19.8 Å². The quantitative estimate of drug-likeness (QED) is 0.727. The number of hydrogen-bond acceptors (Lipinski definition) is 5. The molecule has 12 heteroatoms.